The quantitative estimate of drug-likeness (QED) is 0.410. The highest BCUT2D eigenvalue weighted by Gasteiger charge is 2.03. The molecule has 0 rings (SSSR count). The second-order valence-electron chi connectivity index (χ2n) is 3.74. The Bertz CT molecular complexity index is 285. The van der Waals surface area contributed by atoms with Gasteiger partial charge in [-0.05, 0) is 12.8 Å². The average Bonchev–Trinajstić information content (AvgIpc) is 2.39. The van der Waals surface area contributed by atoms with Gasteiger partial charge >= 0.3 is 0 Å². The van der Waals surface area contributed by atoms with Crippen LogP contribution in [0.5, 0.6) is 0 Å². The van der Waals surface area contributed by atoms with Crippen molar-refractivity contribution in [3.8, 4) is 0 Å². The predicted molar refractivity (Wildman–Crippen MR) is 72.3 cm³/mol. The molecule has 0 bridgehead atoms. The monoisotopic (exact) mass is 321 g/mol. The van der Waals surface area contributed by atoms with Crippen LogP contribution in [0.1, 0.15) is 25.7 Å². The molecule has 0 aliphatic heterocycles. The van der Waals surface area contributed by atoms with Crippen LogP contribution >= 0.6 is 15.9 Å². The second kappa shape index (κ2) is 11.0. The smallest absolute Gasteiger partial charge is 0.239 e. The lowest BCUT2D eigenvalue weighted by molar-refractivity contribution is -0.125. The number of amides is 3. The molecule has 0 aromatic rings. The van der Waals surface area contributed by atoms with Crippen molar-refractivity contribution in [2.75, 3.05) is 25.5 Å². The van der Waals surface area contributed by atoms with Crippen molar-refractivity contribution in [3.05, 3.63) is 0 Å². The van der Waals surface area contributed by atoms with Crippen LogP contribution in [0.4, 0.5) is 0 Å². The fraction of sp³-hybridized carbons (Fsp3) is 0.727. The van der Waals surface area contributed by atoms with E-state index in [-0.39, 0.29) is 24.3 Å². The standard InChI is InChI=1S/C11H20BrN3O3/c1-13-11(18)8-15-9(16)5-3-2-4-6-14-10(17)7-12/h2-8H2,1H3,(H,13,18)(H,14,17)(H,15,16). The fourth-order valence-corrected chi connectivity index (χ4v) is 1.42. The molecule has 3 N–H and O–H groups in total. The Labute approximate surface area is 115 Å². The van der Waals surface area contributed by atoms with E-state index >= 15 is 0 Å². The van der Waals surface area contributed by atoms with Gasteiger partial charge in [0.05, 0.1) is 11.9 Å². The molecular formula is C11H20BrN3O3. The number of hydrogen-bond acceptors (Lipinski definition) is 3. The predicted octanol–water partition coefficient (Wildman–Crippen LogP) is -0.0799. The third-order valence-corrected chi connectivity index (χ3v) is 2.76. The summed E-state index contributed by atoms with van der Waals surface area (Å²) in [6.45, 7) is 0.654. The summed E-state index contributed by atoms with van der Waals surface area (Å²) in [6, 6.07) is 0. The van der Waals surface area contributed by atoms with Crippen molar-refractivity contribution in [1.29, 1.82) is 0 Å². The Hall–Kier alpha value is -1.11. The maximum atomic E-state index is 11.3. The molecule has 0 heterocycles. The van der Waals surface area contributed by atoms with E-state index in [0.717, 1.165) is 19.3 Å². The van der Waals surface area contributed by atoms with Gasteiger partial charge in [0.25, 0.3) is 0 Å². The average molecular weight is 322 g/mol. The van der Waals surface area contributed by atoms with E-state index in [1.54, 1.807) is 0 Å². The van der Waals surface area contributed by atoms with Crippen molar-refractivity contribution in [3.63, 3.8) is 0 Å². The summed E-state index contributed by atoms with van der Waals surface area (Å²) in [5, 5.41) is 7.99. The fourth-order valence-electron chi connectivity index (χ4n) is 1.22. The van der Waals surface area contributed by atoms with Gasteiger partial charge in [0.2, 0.25) is 17.7 Å². The van der Waals surface area contributed by atoms with Crippen molar-refractivity contribution >= 4 is 33.7 Å². The molecule has 0 radical (unpaired) electrons. The molecule has 6 nitrogen and oxygen atoms in total. The minimum absolute atomic E-state index is 0.0244. The number of likely N-dealkylation sites (N-methyl/N-ethyl adjacent to an activating group) is 1. The molecular weight excluding hydrogens is 302 g/mol. The van der Waals surface area contributed by atoms with Crippen LogP contribution in [0.3, 0.4) is 0 Å². The molecule has 0 unspecified atom stereocenters. The molecule has 3 amide bonds. The molecule has 0 spiro atoms. The van der Waals surface area contributed by atoms with Gasteiger partial charge in [-0.25, -0.2) is 0 Å². The molecule has 7 heteroatoms. The van der Waals surface area contributed by atoms with Gasteiger partial charge in [-0.2, -0.15) is 0 Å². The zero-order valence-corrected chi connectivity index (χ0v) is 12.1. The first-order valence-electron chi connectivity index (χ1n) is 5.90. The SMILES string of the molecule is CNC(=O)CNC(=O)CCCCCNC(=O)CBr. The molecule has 0 saturated carbocycles. The van der Waals surface area contributed by atoms with Crippen LogP contribution in [0, 0.1) is 0 Å². The van der Waals surface area contributed by atoms with Crippen LogP contribution in [-0.4, -0.2) is 43.2 Å². The highest BCUT2D eigenvalue weighted by atomic mass is 79.9. The Balaban J connectivity index is 3.35. The number of hydrogen-bond donors (Lipinski definition) is 3. The number of halogens is 1. The molecule has 0 saturated heterocycles. The van der Waals surface area contributed by atoms with Gasteiger partial charge in [0.1, 0.15) is 0 Å². The normalized spacial score (nSPS) is 9.67. The largest absolute Gasteiger partial charge is 0.358 e. The van der Waals surface area contributed by atoms with Gasteiger partial charge in [-0.3, -0.25) is 14.4 Å². The van der Waals surface area contributed by atoms with E-state index in [9.17, 15) is 14.4 Å². The van der Waals surface area contributed by atoms with Gasteiger partial charge in [-0.15, -0.1) is 0 Å². The molecule has 104 valence electrons. The van der Waals surface area contributed by atoms with E-state index in [4.69, 9.17) is 0 Å². The van der Waals surface area contributed by atoms with Crippen molar-refractivity contribution in [2.24, 2.45) is 0 Å². The van der Waals surface area contributed by atoms with Crippen LogP contribution in [0.25, 0.3) is 0 Å². The summed E-state index contributed by atoms with van der Waals surface area (Å²) in [4.78, 5) is 33.0. The minimum atomic E-state index is -0.208. The van der Waals surface area contributed by atoms with Crippen LogP contribution in [0.2, 0.25) is 0 Å². The lowest BCUT2D eigenvalue weighted by atomic mass is 10.2. The number of rotatable bonds is 9. The number of unbranched alkanes of at least 4 members (excludes halogenated alkanes) is 2. The van der Waals surface area contributed by atoms with Crippen molar-refractivity contribution in [2.45, 2.75) is 25.7 Å². The lowest BCUT2D eigenvalue weighted by Gasteiger charge is -2.05. The molecule has 0 aromatic heterocycles. The van der Waals surface area contributed by atoms with E-state index in [1.165, 1.54) is 7.05 Å². The topological polar surface area (TPSA) is 87.3 Å². The Morgan fingerprint density at radius 3 is 2.28 bits per heavy atom. The number of carbonyl (C=O) groups is 3. The summed E-state index contributed by atoms with van der Waals surface area (Å²) in [5.41, 5.74) is 0. The van der Waals surface area contributed by atoms with Gasteiger partial charge in [-0.1, -0.05) is 22.4 Å². The minimum Gasteiger partial charge on any atom is -0.358 e. The van der Waals surface area contributed by atoms with Gasteiger partial charge in [0.15, 0.2) is 0 Å². The van der Waals surface area contributed by atoms with Gasteiger partial charge in [0, 0.05) is 20.0 Å². The molecule has 18 heavy (non-hydrogen) atoms. The van der Waals surface area contributed by atoms with Crippen LogP contribution < -0.4 is 16.0 Å². The first-order chi connectivity index (χ1) is 8.60. The Morgan fingerprint density at radius 2 is 1.67 bits per heavy atom. The lowest BCUT2D eigenvalue weighted by Crippen LogP contribution is -2.35. The Kier molecular flexibility index (Phi) is 10.3. The van der Waals surface area contributed by atoms with E-state index in [0.29, 0.717) is 18.3 Å². The maximum Gasteiger partial charge on any atom is 0.239 e. The molecule has 0 aliphatic carbocycles. The molecule has 0 fully saturated rings. The maximum absolute atomic E-state index is 11.3. The van der Waals surface area contributed by atoms with Gasteiger partial charge < -0.3 is 16.0 Å². The summed E-state index contributed by atoms with van der Waals surface area (Å²) >= 11 is 3.05. The highest BCUT2D eigenvalue weighted by molar-refractivity contribution is 9.09. The van der Waals surface area contributed by atoms with E-state index in [2.05, 4.69) is 31.9 Å². The zero-order valence-electron chi connectivity index (χ0n) is 10.6. The summed E-state index contributed by atoms with van der Waals surface area (Å²) < 4.78 is 0. The zero-order chi connectivity index (χ0) is 13.8. The molecule has 0 aliphatic rings. The van der Waals surface area contributed by atoms with Crippen molar-refractivity contribution in [1.82, 2.24) is 16.0 Å². The number of carbonyl (C=O) groups excluding carboxylic acids is 3. The third-order valence-electron chi connectivity index (χ3n) is 2.25. The summed E-state index contributed by atoms with van der Waals surface area (Å²) in [6.07, 6.45) is 2.88. The number of alkyl halides is 1. The third kappa shape index (κ3) is 10.1. The summed E-state index contributed by atoms with van der Waals surface area (Å²) in [5.74, 6) is -0.359. The molecule has 0 atom stereocenters. The van der Waals surface area contributed by atoms with Crippen molar-refractivity contribution < 1.29 is 14.4 Å². The second-order valence-corrected chi connectivity index (χ2v) is 4.30. The Morgan fingerprint density at radius 1 is 0.944 bits per heavy atom. The molecule has 0 aromatic carbocycles. The van der Waals surface area contributed by atoms with E-state index < -0.39 is 0 Å². The first kappa shape index (κ1) is 16.9. The van der Waals surface area contributed by atoms with Crippen LogP contribution in [-0.2, 0) is 14.4 Å². The number of nitrogens with one attached hydrogen (secondary N) is 3. The first-order valence-corrected chi connectivity index (χ1v) is 7.02. The van der Waals surface area contributed by atoms with E-state index in [1.807, 2.05) is 0 Å². The van der Waals surface area contributed by atoms with Crippen LogP contribution in [0.15, 0.2) is 0 Å². The summed E-state index contributed by atoms with van der Waals surface area (Å²) in [7, 11) is 1.52. The highest BCUT2D eigenvalue weighted by Crippen LogP contribution is 1.98.